The third kappa shape index (κ3) is 5.83. The minimum Gasteiger partial charge on any atom is -0.388 e. The summed E-state index contributed by atoms with van der Waals surface area (Å²) >= 11 is 0. The lowest BCUT2D eigenvalue weighted by atomic mass is 9.92. The van der Waals surface area contributed by atoms with E-state index in [9.17, 15) is 5.11 Å². The minimum absolute atomic E-state index is 0.451. The van der Waals surface area contributed by atoms with Gasteiger partial charge in [-0.3, -0.25) is 4.99 Å². The van der Waals surface area contributed by atoms with Crippen molar-refractivity contribution in [2.45, 2.75) is 82.4 Å². The van der Waals surface area contributed by atoms with Crippen molar-refractivity contribution in [2.75, 3.05) is 39.4 Å². The fourth-order valence-electron chi connectivity index (χ4n) is 4.50. The maximum absolute atomic E-state index is 10.6. The number of likely N-dealkylation sites (tertiary alicyclic amines) is 1. The van der Waals surface area contributed by atoms with E-state index >= 15 is 0 Å². The molecule has 3 rings (SSSR count). The third-order valence-electron chi connectivity index (χ3n) is 6.26. The average molecular weight is 367 g/mol. The predicted octanol–water partition coefficient (Wildman–Crippen LogP) is 1.88. The van der Waals surface area contributed by atoms with Gasteiger partial charge in [0.2, 0.25) is 0 Å². The Morgan fingerprint density at radius 2 is 1.81 bits per heavy atom. The van der Waals surface area contributed by atoms with Crippen LogP contribution in [0.25, 0.3) is 0 Å². The Morgan fingerprint density at radius 3 is 2.46 bits per heavy atom. The minimum atomic E-state index is -0.703. The Balaban J connectivity index is 1.46. The van der Waals surface area contributed by atoms with E-state index in [0.29, 0.717) is 38.6 Å². The molecule has 26 heavy (non-hydrogen) atoms. The lowest BCUT2D eigenvalue weighted by molar-refractivity contribution is -0.0566. The Bertz CT molecular complexity index is 437. The average Bonchev–Trinajstić information content (AvgIpc) is 2.68. The summed E-state index contributed by atoms with van der Waals surface area (Å²) < 4.78 is 5.36. The van der Waals surface area contributed by atoms with Crippen molar-refractivity contribution in [2.24, 2.45) is 4.99 Å². The standard InChI is InChI=1S/C20H38N4O2/c1-2-21-19(22-16-20(25)10-14-26-15-11-20)23-17-8-12-24(13-9-17)18-6-4-3-5-7-18/h17-18,25H,2-16H2,1H3,(H2,21,22,23). The molecule has 2 heterocycles. The highest BCUT2D eigenvalue weighted by Crippen LogP contribution is 2.25. The zero-order valence-electron chi connectivity index (χ0n) is 16.5. The van der Waals surface area contributed by atoms with E-state index < -0.39 is 5.60 Å². The first-order valence-electron chi connectivity index (χ1n) is 10.8. The van der Waals surface area contributed by atoms with E-state index in [0.717, 1.165) is 18.5 Å². The fraction of sp³-hybridized carbons (Fsp3) is 0.950. The van der Waals surface area contributed by atoms with Crippen LogP contribution in [0.4, 0.5) is 0 Å². The van der Waals surface area contributed by atoms with Crippen molar-refractivity contribution in [3.8, 4) is 0 Å². The number of ether oxygens (including phenoxy) is 1. The largest absolute Gasteiger partial charge is 0.388 e. The second-order valence-electron chi connectivity index (χ2n) is 8.28. The van der Waals surface area contributed by atoms with Gasteiger partial charge in [-0.2, -0.15) is 0 Å². The molecule has 0 atom stereocenters. The molecule has 3 aliphatic rings. The summed E-state index contributed by atoms with van der Waals surface area (Å²) in [5.41, 5.74) is -0.703. The van der Waals surface area contributed by atoms with Crippen LogP contribution in [0.5, 0.6) is 0 Å². The summed E-state index contributed by atoms with van der Waals surface area (Å²) in [6.45, 7) is 7.05. The predicted molar refractivity (Wildman–Crippen MR) is 106 cm³/mol. The number of aliphatic imine (C=N–C) groups is 1. The molecule has 0 aromatic heterocycles. The lowest BCUT2D eigenvalue weighted by Crippen LogP contribution is -2.51. The number of guanidine groups is 1. The Morgan fingerprint density at radius 1 is 1.12 bits per heavy atom. The molecule has 0 aromatic rings. The Labute approximate surface area is 158 Å². The molecule has 0 bridgehead atoms. The molecule has 1 aliphatic carbocycles. The van der Waals surface area contributed by atoms with Gasteiger partial charge >= 0.3 is 0 Å². The van der Waals surface area contributed by atoms with Gasteiger partial charge in [0.05, 0.1) is 12.1 Å². The quantitative estimate of drug-likeness (QED) is 0.512. The first-order valence-corrected chi connectivity index (χ1v) is 10.8. The zero-order valence-corrected chi connectivity index (χ0v) is 16.5. The molecule has 2 saturated heterocycles. The normalized spacial score (nSPS) is 26.6. The van der Waals surface area contributed by atoms with Crippen molar-refractivity contribution in [3.63, 3.8) is 0 Å². The van der Waals surface area contributed by atoms with Crippen LogP contribution in [-0.2, 0) is 4.74 Å². The van der Waals surface area contributed by atoms with Crippen LogP contribution in [0.15, 0.2) is 4.99 Å². The molecule has 0 radical (unpaired) electrons. The molecule has 3 fully saturated rings. The van der Waals surface area contributed by atoms with E-state index in [1.54, 1.807) is 0 Å². The van der Waals surface area contributed by atoms with E-state index in [1.807, 2.05) is 0 Å². The van der Waals surface area contributed by atoms with Crippen LogP contribution in [0.2, 0.25) is 0 Å². The molecule has 0 spiro atoms. The van der Waals surface area contributed by atoms with Crippen molar-refractivity contribution in [1.29, 1.82) is 0 Å². The summed E-state index contributed by atoms with van der Waals surface area (Å²) in [4.78, 5) is 7.40. The second-order valence-corrected chi connectivity index (χ2v) is 8.28. The number of hydrogen-bond donors (Lipinski definition) is 3. The van der Waals surface area contributed by atoms with Gasteiger partial charge in [-0.15, -0.1) is 0 Å². The van der Waals surface area contributed by atoms with Gasteiger partial charge in [0.1, 0.15) is 0 Å². The highest BCUT2D eigenvalue weighted by molar-refractivity contribution is 5.80. The van der Waals surface area contributed by atoms with Crippen LogP contribution >= 0.6 is 0 Å². The summed E-state index contributed by atoms with van der Waals surface area (Å²) in [6.07, 6.45) is 10.7. The first kappa shape index (κ1) is 19.9. The number of aliphatic hydroxyl groups is 1. The highest BCUT2D eigenvalue weighted by atomic mass is 16.5. The SMILES string of the molecule is CCNC(=NCC1(O)CCOCC1)NC1CCN(C2CCCCC2)CC1. The summed E-state index contributed by atoms with van der Waals surface area (Å²) in [6, 6.07) is 1.31. The second kappa shape index (κ2) is 9.90. The smallest absolute Gasteiger partial charge is 0.191 e. The number of rotatable bonds is 5. The van der Waals surface area contributed by atoms with E-state index in [-0.39, 0.29) is 0 Å². The number of hydrogen-bond acceptors (Lipinski definition) is 4. The van der Waals surface area contributed by atoms with Gasteiger partial charge in [-0.1, -0.05) is 19.3 Å². The molecule has 0 aromatic carbocycles. The molecule has 1 saturated carbocycles. The molecule has 6 heteroatoms. The molecule has 0 amide bonds. The Hall–Kier alpha value is -0.850. The van der Waals surface area contributed by atoms with Crippen molar-refractivity contribution < 1.29 is 9.84 Å². The number of nitrogens with zero attached hydrogens (tertiary/aromatic N) is 2. The van der Waals surface area contributed by atoms with Crippen LogP contribution in [-0.4, -0.2) is 73.0 Å². The molecule has 2 aliphatic heterocycles. The van der Waals surface area contributed by atoms with Gasteiger partial charge in [0.25, 0.3) is 0 Å². The molecule has 0 unspecified atom stereocenters. The molecule has 150 valence electrons. The molecular weight excluding hydrogens is 328 g/mol. The highest BCUT2D eigenvalue weighted by Gasteiger charge is 2.30. The lowest BCUT2D eigenvalue weighted by Gasteiger charge is -2.39. The molecular formula is C20H38N4O2. The summed E-state index contributed by atoms with van der Waals surface area (Å²) in [5, 5.41) is 17.6. The third-order valence-corrected chi connectivity index (χ3v) is 6.26. The van der Waals surface area contributed by atoms with Crippen molar-refractivity contribution in [1.82, 2.24) is 15.5 Å². The van der Waals surface area contributed by atoms with E-state index in [4.69, 9.17) is 4.74 Å². The van der Waals surface area contributed by atoms with Crippen LogP contribution in [0.3, 0.4) is 0 Å². The van der Waals surface area contributed by atoms with Crippen LogP contribution in [0, 0.1) is 0 Å². The monoisotopic (exact) mass is 366 g/mol. The van der Waals surface area contributed by atoms with Gasteiger partial charge < -0.3 is 25.4 Å². The summed E-state index contributed by atoms with van der Waals surface area (Å²) in [5.74, 6) is 0.850. The zero-order chi connectivity index (χ0) is 18.2. The first-order chi connectivity index (χ1) is 12.7. The van der Waals surface area contributed by atoms with Gasteiger partial charge in [0, 0.05) is 57.8 Å². The maximum atomic E-state index is 10.6. The topological polar surface area (TPSA) is 69.1 Å². The molecule has 3 N–H and O–H groups in total. The maximum Gasteiger partial charge on any atom is 0.191 e. The summed E-state index contributed by atoms with van der Waals surface area (Å²) in [7, 11) is 0. The Kier molecular flexibility index (Phi) is 7.58. The number of piperidine rings is 1. The number of nitrogens with one attached hydrogen (secondary N) is 2. The fourth-order valence-corrected chi connectivity index (χ4v) is 4.50. The molecule has 6 nitrogen and oxygen atoms in total. The van der Waals surface area contributed by atoms with E-state index in [1.165, 1.54) is 58.0 Å². The van der Waals surface area contributed by atoms with Crippen LogP contribution in [0.1, 0.15) is 64.7 Å². The van der Waals surface area contributed by atoms with E-state index in [2.05, 4.69) is 27.4 Å². The van der Waals surface area contributed by atoms with Gasteiger partial charge in [0.15, 0.2) is 5.96 Å². The van der Waals surface area contributed by atoms with Crippen molar-refractivity contribution in [3.05, 3.63) is 0 Å². The van der Waals surface area contributed by atoms with Gasteiger partial charge in [-0.05, 0) is 32.6 Å². The van der Waals surface area contributed by atoms with Gasteiger partial charge in [-0.25, -0.2) is 0 Å². The van der Waals surface area contributed by atoms with Crippen LogP contribution < -0.4 is 10.6 Å². The van der Waals surface area contributed by atoms with Crippen molar-refractivity contribution >= 4 is 5.96 Å².